The molecule has 0 aliphatic rings. The minimum Gasteiger partial charge on any atom is -0.452 e. The number of esters is 1. The van der Waals surface area contributed by atoms with Gasteiger partial charge < -0.3 is 13.7 Å². The molecule has 0 N–H and O–H groups in total. The summed E-state index contributed by atoms with van der Waals surface area (Å²) in [5.41, 5.74) is 0.796. The van der Waals surface area contributed by atoms with E-state index in [4.69, 9.17) is 25.3 Å². The minimum absolute atomic E-state index is 0.00756. The van der Waals surface area contributed by atoms with E-state index >= 15 is 0 Å². The maximum atomic E-state index is 14.3. The van der Waals surface area contributed by atoms with Gasteiger partial charge in [0.25, 0.3) is 0 Å². The molecule has 2 aromatic carbocycles. The number of oxazole rings is 1. The van der Waals surface area contributed by atoms with Crippen molar-refractivity contribution in [2.24, 2.45) is 0 Å². The summed E-state index contributed by atoms with van der Waals surface area (Å²) >= 11 is 6.09. The molecule has 0 spiro atoms. The second-order valence-electron chi connectivity index (χ2n) is 6.12. The van der Waals surface area contributed by atoms with Gasteiger partial charge in [0.2, 0.25) is 5.89 Å². The van der Waals surface area contributed by atoms with Crippen LogP contribution in [0.4, 0.5) is 4.39 Å². The van der Waals surface area contributed by atoms with Crippen molar-refractivity contribution < 1.29 is 22.9 Å². The van der Waals surface area contributed by atoms with E-state index in [-0.39, 0.29) is 40.1 Å². The van der Waals surface area contributed by atoms with E-state index in [1.165, 1.54) is 25.1 Å². The number of halogens is 2. The molecular weight excluding hydrogens is 399 g/mol. The topological polar surface area (TPSA) is 78.4 Å². The monoisotopic (exact) mass is 412 g/mol. The number of rotatable bonds is 5. The van der Waals surface area contributed by atoms with Gasteiger partial charge in [0, 0.05) is 5.56 Å². The lowest BCUT2D eigenvalue weighted by Gasteiger charge is -2.06. The minimum atomic E-state index is -0.752. The summed E-state index contributed by atoms with van der Waals surface area (Å²) in [6.45, 7) is 1.32. The Morgan fingerprint density at radius 1 is 1.17 bits per heavy atom. The second kappa shape index (κ2) is 7.89. The van der Waals surface area contributed by atoms with Crippen molar-refractivity contribution in [3.8, 4) is 22.6 Å². The molecule has 6 nitrogen and oxygen atoms in total. The van der Waals surface area contributed by atoms with Crippen LogP contribution in [-0.4, -0.2) is 16.1 Å². The van der Waals surface area contributed by atoms with Crippen LogP contribution in [0.3, 0.4) is 0 Å². The van der Waals surface area contributed by atoms with Crippen molar-refractivity contribution in [1.29, 1.82) is 0 Å². The Bertz CT molecular complexity index is 1150. The van der Waals surface area contributed by atoms with Crippen LogP contribution in [-0.2, 0) is 11.3 Å². The summed E-state index contributed by atoms with van der Waals surface area (Å²) < 4.78 is 30.2. The largest absolute Gasteiger partial charge is 0.452 e. The zero-order valence-corrected chi connectivity index (χ0v) is 15.9. The Labute approximate surface area is 169 Å². The van der Waals surface area contributed by atoms with Crippen molar-refractivity contribution in [1.82, 2.24) is 10.1 Å². The van der Waals surface area contributed by atoms with Crippen LogP contribution in [0.25, 0.3) is 22.6 Å². The molecule has 0 aliphatic carbocycles. The van der Waals surface area contributed by atoms with Gasteiger partial charge >= 0.3 is 5.97 Å². The molecule has 0 bridgehead atoms. The maximum Gasteiger partial charge on any atom is 0.344 e. The van der Waals surface area contributed by atoms with Gasteiger partial charge in [0.05, 0.1) is 16.8 Å². The molecule has 0 aliphatic heterocycles. The zero-order chi connectivity index (χ0) is 20.4. The fourth-order valence-corrected chi connectivity index (χ4v) is 3.07. The van der Waals surface area contributed by atoms with Crippen LogP contribution in [0.2, 0.25) is 5.02 Å². The van der Waals surface area contributed by atoms with E-state index in [9.17, 15) is 9.18 Å². The summed E-state index contributed by atoms with van der Waals surface area (Å²) in [5.74, 6) is -0.423. The van der Waals surface area contributed by atoms with Crippen molar-refractivity contribution in [3.63, 3.8) is 0 Å². The summed E-state index contributed by atoms with van der Waals surface area (Å²) in [6.07, 6.45) is 1.55. The number of aromatic nitrogens is 2. The number of carbonyl (C=O) groups is 1. The lowest BCUT2D eigenvalue weighted by Crippen LogP contribution is -2.08. The summed E-state index contributed by atoms with van der Waals surface area (Å²) in [5, 5.41) is 3.89. The fraction of sp³-hybridized carbons (Fsp3) is 0.0952. The molecule has 0 saturated heterocycles. The SMILES string of the molecule is Cc1onc(-c2c(F)cccc2Cl)c1C(=O)OCc1ncc(-c2ccccc2)o1. The first-order valence-corrected chi connectivity index (χ1v) is 9.00. The van der Waals surface area contributed by atoms with Crippen LogP contribution in [0.5, 0.6) is 0 Å². The number of hydrogen-bond acceptors (Lipinski definition) is 6. The number of carbonyl (C=O) groups excluding carboxylic acids is 1. The van der Waals surface area contributed by atoms with E-state index in [0.717, 1.165) is 5.56 Å². The van der Waals surface area contributed by atoms with E-state index in [1.54, 1.807) is 6.20 Å². The van der Waals surface area contributed by atoms with Crippen molar-refractivity contribution in [2.45, 2.75) is 13.5 Å². The van der Waals surface area contributed by atoms with Gasteiger partial charge in [0.15, 0.2) is 12.4 Å². The number of ether oxygens (including phenoxy) is 1. The smallest absolute Gasteiger partial charge is 0.344 e. The highest BCUT2D eigenvalue weighted by molar-refractivity contribution is 6.33. The van der Waals surface area contributed by atoms with Crippen LogP contribution in [0.15, 0.2) is 63.7 Å². The highest BCUT2D eigenvalue weighted by Gasteiger charge is 2.27. The van der Waals surface area contributed by atoms with E-state index in [0.29, 0.717) is 5.76 Å². The standard InChI is InChI=1S/C21H14ClFN2O4/c1-12-18(20(25-29-12)19-14(22)8-5-9-15(19)23)21(26)27-11-17-24-10-16(28-17)13-6-3-2-4-7-13/h2-10H,11H2,1H3. The molecule has 0 fully saturated rings. The van der Waals surface area contributed by atoms with Gasteiger partial charge in [-0.15, -0.1) is 0 Å². The highest BCUT2D eigenvalue weighted by atomic mass is 35.5. The van der Waals surface area contributed by atoms with Gasteiger partial charge in [0.1, 0.15) is 22.8 Å². The van der Waals surface area contributed by atoms with Crippen LogP contribution in [0.1, 0.15) is 22.0 Å². The molecule has 4 aromatic rings. The molecular formula is C21H14ClFN2O4. The van der Waals surface area contributed by atoms with E-state index in [2.05, 4.69) is 10.1 Å². The Balaban J connectivity index is 1.55. The van der Waals surface area contributed by atoms with Crippen molar-refractivity contribution in [2.75, 3.05) is 0 Å². The quantitative estimate of drug-likeness (QED) is 0.405. The third-order valence-corrected chi connectivity index (χ3v) is 4.52. The zero-order valence-electron chi connectivity index (χ0n) is 15.2. The van der Waals surface area contributed by atoms with E-state index in [1.807, 2.05) is 30.3 Å². The fourth-order valence-electron chi connectivity index (χ4n) is 2.82. The van der Waals surface area contributed by atoms with Gasteiger partial charge in [-0.3, -0.25) is 0 Å². The first kappa shape index (κ1) is 18.9. The van der Waals surface area contributed by atoms with Crippen molar-refractivity contribution in [3.05, 3.63) is 82.8 Å². The summed E-state index contributed by atoms with van der Waals surface area (Å²) in [4.78, 5) is 16.7. The molecule has 4 rings (SSSR count). The molecule has 8 heteroatoms. The summed E-state index contributed by atoms with van der Waals surface area (Å²) in [7, 11) is 0. The molecule has 0 unspecified atom stereocenters. The third kappa shape index (κ3) is 3.77. The Hall–Kier alpha value is -3.45. The Morgan fingerprint density at radius 2 is 1.97 bits per heavy atom. The average molecular weight is 413 g/mol. The van der Waals surface area contributed by atoms with Gasteiger partial charge in [-0.2, -0.15) is 0 Å². The van der Waals surface area contributed by atoms with Crippen molar-refractivity contribution >= 4 is 17.6 Å². The average Bonchev–Trinajstić information content (AvgIpc) is 3.34. The predicted octanol–water partition coefficient (Wildman–Crippen LogP) is 5.45. The molecule has 0 radical (unpaired) electrons. The maximum absolute atomic E-state index is 14.3. The Kier molecular flexibility index (Phi) is 5.14. The molecule has 29 heavy (non-hydrogen) atoms. The molecule has 0 saturated carbocycles. The number of benzene rings is 2. The summed E-state index contributed by atoms with van der Waals surface area (Å²) in [6, 6.07) is 13.6. The highest BCUT2D eigenvalue weighted by Crippen LogP contribution is 2.33. The number of hydrogen-bond donors (Lipinski definition) is 0. The van der Waals surface area contributed by atoms with Crippen LogP contribution < -0.4 is 0 Å². The van der Waals surface area contributed by atoms with Gasteiger partial charge in [-0.05, 0) is 19.1 Å². The molecule has 0 atom stereocenters. The number of nitrogens with zero attached hydrogens (tertiary/aromatic N) is 2. The van der Waals surface area contributed by atoms with Crippen LogP contribution >= 0.6 is 11.6 Å². The van der Waals surface area contributed by atoms with E-state index < -0.39 is 11.8 Å². The molecule has 2 heterocycles. The third-order valence-electron chi connectivity index (χ3n) is 4.21. The first-order chi connectivity index (χ1) is 14.0. The second-order valence-corrected chi connectivity index (χ2v) is 6.53. The lowest BCUT2D eigenvalue weighted by atomic mass is 10.1. The van der Waals surface area contributed by atoms with Gasteiger partial charge in [-0.25, -0.2) is 14.2 Å². The molecule has 0 amide bonds. The van der Waals surface area contributed by atoms with Gasteiger partial charge in [-0.1, -0.05) is 53.2 Å². The Morgan fingerprint density at radius 3 is 2.72 bits per heavy atom. The number of aryl methyl sites for hydroxylation is 1. The first-order valence-electron chi connectivity index (χ1n) is 8.62. The van der Waals surface area contributed by atoms with Crippen LogP contribution in [0, 0.1) is 12.7 Å². The lowest BCUT2D eigenvalue weighted by molar-refractivity contribution is 0.0437. The normalized spacial score (nSPS) is 10.9. The molecule has 146 valence electrons. The molecule has 2 aromatic heterocycles. The predicted molar refractivity (Wildman–Crippen MR) is 103 cm³/mol.